The Labute approximate surface area is 75.2 Å². The van der Waals surface area contributed by atoms with Crippen LogP contribution in [0.4, 0.5) is 13.2 Å². The first-order valence-corrected chi connectivity index (χ1v) is 4.35. The molecule has 0 heterocycles. The molecule has 1 aliphatic rings. The second kappa shape index (κ2) is 3.55. The first-order chi connectivity index (χ1) is 5.94. The van der Waals surface area contributed by atoms with E-state index in [2.05, 4.69) is 0 Å². The highest BCUT2D eigenvalue weighted by atomic mass is 19.4. The normalized spacial score (nSPS) is 17.2. The molecule has 1 N–H and O–H groups in total. The molecule has 13 heavy (non-hydrogen) atoms. The number of nitrogens with one attached hydrogen (secondary N) is 1. The van der Waals surface area contributed by atoms with Crippen molar-refractivity contribution >= 4 is 5.84 Å². The van der Waals surface area contributed by atoms with Gasteiger partial charge in [0.25, 0.3) is 0 Å². The van der Waals surface area contributed by atoms with Crippen LogP contribution >= 0.6 is 0 Å². The maximum atomic E-state index is 12.1. The van der Waals surface area contributed by atoms with Gasteiger partial charge in [0.2, 0.25) is 0 Å². The Morgan fingerprint density at radius 2 is 2.00 bits per heavy atom. The number of hydrogen-bond acceptors (Lipinski definition) is 1. The van der Waals surface area contributed by atoms with Crippen molar-refractivity contribution < 1.29 is 13.2 Å². The fraction of sp³-hybridized carbons (Fsp3) is 0.875. The number of halogens is 3. The SMILES string of the molecule is CCC(=N)N(CC(F)(F)F)C1CC1. The molecule has 2 nitrogen and oxygen atoms in total. The van der Waals surface area contributed by atoms with E-state index in [0.29, 0.717) is 6.42 Å². The fourth-order valence-corrected chi connectivity index (χ4v) is 1.23. The lowest BCUT2D eigenvalue weighted by molar-refractivity contribution is -0.139. The first-order valence-electron chi connectivity index (χ1n) is 4.35. The summed E-state index contributed by atoms with van der Waals surface area (Å²) in [6.07, 6.45) is -2.24. The number of hydrogen-bond donors (Lipinski definition) is 1. The lowest BCUT2D eigenvalue weighted by Crippen LogP contribution is -2.39. The second-order valence-corrected chi connectivity index (χ2v) is 3.27. The van der Waals surface area contributed by atoms with Gasteiger partial charge in [0.1, 0.15) is 6.54 Å². The van der Waals surface area contributed by atoms with E-state index in [1.165, 1.54) is 4.90 Å². The number of nitrogens with zero attached hydrogens (tertiary/aromatic N) is 1. The Hall–Kier alpha value is -0.740. The van der Waals surface area contributed by atoms with E-state index in [9.17, 15) is 13.2 Å². The topological polar surface area (TPSA) is 27.1 Å². The highest BCUT2D eigenvalue weighted by Gasteiger charge is 2.38. The molecule has 76 valence electrons. The zero-order valence-electron chi connectivity index (χ0n) is 7.49. The van der Waals surface area contributed by atoms with Gasteiger partial charge in [-0.3, -0.25) is 5.41 Å². The van der Waals surface area contributed by atoms with Crippen molar-refractivity contribution in [3.8, 4) is 0 Å². The molecule has 0 saturated heterocycles. The average molecular weight is 194 g/mol. The molecule has 1 rings (SSSR count). The van der Waals surface area contributed by atoms with Crippen molar-refractivity contribution in [1.82, 2.24) is 4.90 Å². The van der Waals surface area contributed by atoms with Gasteiger partial charge in [-0.25, -0.2) is 0 Å². The highest BCUT2D eigenvalue weighted by molar-refractivity contribution is 5.79. The quantitative estimate of drug-likeness (QED) is 0.542. The van der Waals surface area contributed by atoms with Crippen LogP contribution in [0.5, 0.6) is 0 Å². The van der Waals surface area contributed by atoms with E-state index >= 15 is 0 Å². The number of amidine groups is 1. The molecule has 0 amide bonds. The van der Waals surface area contributed by atoms with Crippen LogP contribution in [-0.4, -0.2) is 29.5 Å². The third kappa shape index (κ3) is 3.24. The second-order valence-electron chi connectivity index (χ2n) is 3.27. The number of rotatable bonds is 3. The van der Waals surface area contributed by atoms with Crippen LogP contribution in [-0.2, 0) is 0 Å². The van der Waals surface area contributed by atoms with E-state index in [4.69, 9.17) is 5.41 Å². The van der Waals surface area contributed by atoms with Crippen molar-refractivity contribution in [2.75, 3.05) is 6.54 Å². The molecule has 0 bridgehead atoms. The van der Waals surface area contributed by atoms with Gasteiger partial charge >= 0.3 is 6.18 Å². The molecule has 0 aliphatic heterocycles. The third-order valence-electron chi connectivity index (χ3n) is 2.02. The molecule has 0 unspecified atom stereocenters. The van der Waals surface area contributed by atoms with Gasteiger partial charge in [-0.05, 0) is 12.8 Å². The monoisotopic (exact) mass is 194 g/mol. The molecule has 0 spiro atoms. The van der Waals surface area contributed by atoms with Crippen molar-refractivity contribution in [3.05, 3.63) is 0 Å². The fourth-order valence-electron chi connectivity index (χ4n) is 1.23. The summed E-state index contributed by atoms with van der Waals surface area (Å²) in [5.74, 6) is 0.0971. The van der Waals surface area contributed by atoms with Crippen molar-refractivity contribution in [1.29, 1.82) is 5.41 Å². The summed E-state index contributed by atoms with van der Waals surface area (Å²) >= 11 is 0. The van der Waals surface area contributed by atoms with Gasteiger partial charge < -0.3 is 4.90 Å². The molecular formula is C8H13F3N2. The van der Waals surface area contributed by atoms with Crippen LogP contribution < -0.4 is 0 Å². The lowest BCUT2D eigenvalue weighted by Gasteiger charge is -2.25. The van der Waals surface area contributed by atoms with E-state index in [1.54, 1.807) is 6.92 Å². The average Bonchev–Trinajstić information content (AvgIpc) is 2.79. The van der Waals surface area contributed by atoms with Crippen LogP contribution in [0.15, 0.2) is 0 Å². The van der Waals surface area contributed by atoms with Crippen LogP contribution in [0.2, 0.25) is 0 Å². The minimum absolute atomic E-state index is 0.0333. The Morgan fingerprint density at radius 3 is 2.31 bits per heavy atom. The first kappa shape index (κ1) is 10.3. The summed E-state index contributed by atoms with van der Waals surface area (Å²) in [6, 6.07) is -0.0333. The maximum absolute atomic E-state index is 12.1. The van der Waals surface area contributed by atoms with Gasteiger partial charge in [0.05, 0.1) is 5.84 Å². The molecule has 0 aromatic rings. The molecular weight excluding hydrogens is 181 g/mol. The van der Waals surface area contributed by atoms with E-state index < -0.39 is 12.7 Å². The van der Waals surface area contributed by atoms with E-state index in [1.807, 2.05) is 0 Å². The molecule has 1 aliphatic carbocycles. The summed E-state index contributed by atoms with van der Waals surface area (Å²) in [5.41, 5.74) is 0. The summed E-state index contributed by atoms with van der Waals surface area (Å²) in [5, 5.41) is 7.37. The maximum Gasteiger partial charge on any atom is 0.405 e. The Bertz CT molecular complexity index is 196. The Morgan fingerprint density at radius 1 is 1.46 bits per heavy atom. The highest BCUT2D eigenvalue weighted by Crippen LogP contribution is 2.30. The van der Waals surface area contributed by atoms with Crippen LogP contribution in [0.1, 0.15) is 26.2 Å². The van der Waals surface area contributed by atoms with Crippen molar-refractivity contribution in [2.45, 2.75) is 38.4 Å². The summed E-state index contributed by atoms with van der Waals surface area (Å²) in [7, 11) is 0. The molecule has 0 aromatic carbocycles. The third-order valence-corrected chi connectivity index (χ3v) is 2.02. The minimum Gasteiger partial charge on any atom is -0.348 e. The standard InChI is InChI=1S/C8H13F3N2/c1-2-7(12)13(6-3-4-6)5-8(9,10)11/h6,12H,2-5H2,1H3. The van der Waals surface area contributed by atoms with Crippen molar-refractivity contribution in [2.24, 2.45) is 0 Å². The van der Waals surface area contributed by atoms with Crippen LogP contribution in [0.3, 0.4) is 0 Å². The van der Waals surface area contributed by atoms with E-state index in [-0.39, 0.29) is 11.9 Å². The smallest absolute Gasteiger partial charge is 0.348 e. The van der Waals surface area contributed by atoms with Gasteiger partial charge in [0, 0.05) is 12.5 Å². The predicted octanol–water partition coefficient (Wildman–Crippen LogP) is 2.40. The molecule has 1 fully saturated rings. The van der Waals surface area contributed by atoms with Crippen LogP contribution in [0, 0.1) is 5.41 Å². The van der Waals surface area contributed by atoms with Gasteiger partial charge in [0.15, 0.2) is 0 Å². The van der Waals surface area contributed by atoms with Crippen molar-refractivity contribution in [3.63, 3.8) is 0 Å². The van der Waals surface area contributed by atoms with Crippen LogP contribution in [0.25, 0.3) is 0 Å². The molecule has 1 saturated carbocycles. The van der Waals surface area contributed by atoms with Gasteiger partial charge in [-0.15, -0.1) is 0 Å². The van der Waals surface area contributed by atoms with E-state index in [0.717, 1.165) is 12.8 Å². The Balaban J connectivity index is 2.52. The summed E-state index contributed by atoms with van der Waals surface area (Å²) in [6.45, 7) is 0.735. The van der Waals surface area contributed by atoms with Gasteiger partial charge in [-0.2, -0.15) is 13.2 Å². The zero-order chi connectivity index (χ0) is 10.1. The summed E-state index contributed by atoms with van der Waals surface area (Å²) in [4.78, 5) is 1.17. The molecule has 0 aromatic heterocycles. The molecule has 5 heteroatoms. The predicted molar refractivity (Wildman–Crippen MR) is 43.8 cm³/mol. The van der Waals surface area contributed by atoms with Gasteiger partial charge in [-0.1, -0.05) is 6.92 Å². The molecule has 0 atom stereocenters. The minimum atomic E-state index is -4.19. The summed E-state index contributed by atoms with van der Waals surface area (Å²) < 4.78 is 36.2. The molecule has 0 radical (unpaired) electrons. The lowest BCUT2D eigenvalue weighted by atomic mass is 10.3. The zero-order valence-corrected chi connectivity index (χ0v) is 7.49. The number of alkyl halides is 3. The largest absolute Gasteiger partial charge is 0.405 e. The Kier molecular flexibility index (Phi) is 2.83.